The van der Waals surface area contributed by atoms with Gasteiger partial charge in [0.1, 0.15) is 0 Å². The van der Waals surface area contributed by atoms with Crippen molar-refractivity contribution >= 4 is 5.91 Å². The topological polar surface area (TPSA) is 29.1 Å². The van der Waals surface area contributed by atoms with Gasteiger partial charge in [-0.05, 0) is 12.8 Å². The number of terminal acetylenes is 1. The minimum Gasteiger partial charge on any atom is -0.356 e. The van der Waals surface area contributed by atoms with E-state index in [0.717, 1.165) is 19.4 Å². The lowest BCUT2D eigenvalue weighted by Gasteiger charge is -2.19. The average molecular weight is 137 g/mol. The first kappa shape index (κ1) is 7.14. The largest absolute Gasteiger partial charge is 0.356 e. The number of nitrogens with one attached hydrogen (secondary N) is 1. The van der Waals surface area contributed by atoms with Crippen molar-refractivity contribution < 1.29 is 4.79 Å². The highest BCUT2D eigenvalue weighted by atomic mass is 16.1. The molecule has 0 aromatic rings. The summed E-state index contributed by atoms with van der Waals surface area (Å²) >= 11 is 0. The van der Waals surface area contributed by atoms with Crippen molar-refractivity contribution in [3.05, 3.63) is 0 Å². The van der Waals surface area contributed by atoms with Gasteiger partial charge in [0, 0.05) is 18.9 Å². The van der Waals surface area contributed by atoms with Crippen LogP contribution >= 0.6 is 0 Å². The molecule has 0 spiro atoms. The molecule has 0 aromatic carbocycles. The highest BCUT2D eigenvalue weighted by molar-refractivity contribution is 5.79. The predicted molar refractivity (Wildman–Crippen MR) is 39.2 cm³/mol. The number of hydrogen-bond acceptors (Lipinski definition) is 1. The zero-order valence-electron chi connectivity index (χ0n) is 5.89. The average Bonchev–Trinajstić information content (AvgIpc) is 1.94. The van der Waals surface area contributed by atoms with Gasteiger partial charge in [-0.25, -0.2) is 0 Å². The summed E-state index contributed by atoms with van der Waals surface area (Å²) in [4.78, 5) is 11.0. The third-order valence-electron chi connectivity index (χ3n) is 1.76. The van der Waals surface area contributed by atoms with E-state index in [0.29, 0.717) is 6.42 Å². The van der Waals surface area contributed by atoms with Gasteiger partial charge >= 0.3 is 0 Å². The second-order valence-corrected chi connectivity index (χ2v) is 2.54. The maximum absolute atomic E-state index is 11.0. The second-order valence-electron chi connectivity index (χ2n) is 2.54. The standard InChI is InChI=1S/C8H11NO/c1-2-4-7-5-3-6-9-8(7)10/h1,7H,3-6H2,(H,9,10). The van der Waals surface area contributed by atoms with E-state index < -0.39 is 0 Å². The molecule has 54 valence electrons. The summed E-state index contributed by atoms with van der Waals surface area (Å²) in [5.74, 6) is 2.72. The van der Waals surface area contributed by atoms with Gasteiger partial charge < -0.3 is 5.32 Å². The molecule has 2 nitrogen and oxygen atoms in total. The Hall–Kier alpha value is -0.970. The van der Waals surface area contributed by atoms with Gasteiger partial charge in [-0.2, -0.15) is 0 Å². The Morgan fingerprint density at radius 3 is 3.20 bits per heavy atom. The van der Waals surface area contributed by atoms with E-state index in [9.17, 15) is 4.79 Å². The van der Waals surface area contributed by atoms with Crippen LogP contribution in [-0.2, 0) is 4.79 Å². The fourth-order valence-corrected chi connectivity index (χ4v) is 1.17. The van der Waals surface area contributed by atoms with Crippen LogP contribution in [-0.4, -0.2) is 12.5 Å². The Labute approximate surface area is 61.0 Å². The number of amides is 1. The van der Waals surface area contributed by atoms with E-state index in [1.807, 2.05) is 0 Å². The third kappa shape index (κ3) is 1.51. The second kappa shape index (κ2) is 3.26. The number of rotatable bonds is 1. The number of piperidine rings is 1. The van der Waals surface area contributed by atoms with E-state index >= 15 is 0 Å². The Bertz CT molecular complexity index is 169. The van der Waals surface area contributed by atoms with Crippen molar-refractivity contribution in [2.75, 3.05) is 6.54 Å². The highest BCUT2D eigenvalue weighted by Crippen LogP contribution is 2.13. The van der Waals surface area contributed by atoms with E-state index in [-0.39, 0.29) is 11.8 Å². The molecule has 1 N–H and O–H groups in total. The van der Waals surface area contributed by atoms with Crippen LogP contribution in [0.3, 0.4) is 0 Å². The van der Waals surface area contributed by atoms with Gasteiger partial charge in [-0.3, -0.25) is 4.79 Å². The minimum atomic E-state index is 0.0822. The van der Waals surface area contributed by atoms with Crippen LogP contribution < -0.4 is 5.32 Å². The summed E-state index contributed by atoms with van der Waals surface area (Å²) in [6, 6.07) is 0. The maximum atomic E-state index is 11.0. The lowest BCUT2D eigenvalue weighted by Crippen LogP contribution is -2.36. The number of carbonyl (C=O) groups is 1. The third-order valence-corrected chi connectivity index (χ3v) is 1.76. The molecule has 1 rings (SSSR count). The molecule has 0 aromatic heterocycles. The zero-order chi connectivity index (χ0) is 7.40. The van der Waals surface area contributed by atoms with Crippen molar-refractivity contribution in [1.29, 1.82) is 0 Å². The van der Waals surface area contributed by atoms with Crippen molar-refractivity contribution in [1.82, 2.24) is 5.32 Å². The first-order valence-corrected chi connectivity index (χ1v) is 3.56. The maximum Gasteiger partial charge on any atom is 0.224 e. The first-order chi connectivity index (χ1) is 4.84. The highest BCUT2D eigenvalue weighted by Gasteiger charge is 2.19. The van der Waals surface area contributed by atoms with Crippen molar-refractivity contribution in [2.45, 2.75) is 19.3 Å². The molecule has 1 atom stereocenters. The molecule has 0 aliphatic carbocycles. The Morgan fingerprint density at radius 2 is 2.60 bits per heavy atom. The van der Waals surface area contributed by atoms with Crippen molar-refractivity contribution in [3.8, 4) is 12.3 Å². The van der Waals surface area contributed by atoms with Crippen molar-refractivity contribution in [3.63, 3.8) is 0 Å². The molecule has 0 saturated carbocycles. The molecule has 2 heteroatoms. The normalized spacial score (nSPS) is 25.1. The molecule has 10 heavy (non-hydrogen) atoms. The van der Waals surface area contributed by atoms with Crippen LogP contribution in [0.25, 0.3) is 0 Å². The number of carbonyl (C=O) groups excluding carboxylic acids is 1. The lowest BCUT2D eigenvalue weighted by atomic mass is 9.96. The molecule has 1 unspecified atom stereocenters. The fraction of sp³-hybridized carbons (Fsp3) is 0.625. The smallest absolute Gasteiger partial charge is 0.224 e. The van der Waals surface area contributed by atoms with Gasteiger partial charge in [0.15, 0.2) is 0 Å². The van der Waals surface area contributed by atoms with Crippen molar-refractivity contribution in [2.24, 2.45) is 5.92 Å². The molecule has 1 aliphatic heterocycles. The Balaban J connectivity index is 2.42. The molecule has 1 fully saturated rings. The number of hydrogen-bond donors (Lipinski definition) is 1. The van der Waals surface area contributed by atoms with Crippen LogP contribution in [0.1, 0.15) is 19.3 Å². The van der Waals surface area contributed by atoms with Crippen LogP contribution in [0.15, 0.2) is 0 Å². The molecule has 1 aliphatic rings. The van der Waals surface area contributed by atoms with Crippen LogP contribution in [0.2, 0.25) is 0 Å². The monoisotopic (exact) mass is 137 g/mol. The van der Waals surface area contributed by atoms with Gasteiger partial charge in [0.25, 0.3) is 0 Å². The molecule has 1 heterocycles. The van der Waals surface area contributed by atoms with Gasteiger partial charge in [-0.15, -0.1) is 12.3 Å². The van der Waals surface area contributed by atoms with Crippen LogP contribution in [0.5, 0.6) is 0 Å². The molecule has 0 radical (unpaired) electrons. The van der Waals surface area contributed by atoms with E-state index in [1.54, 1.807) is 0 Å². The summed E-state index contributed by atoms with van der Waals surface area (Å²) in [5.41, 5.74) is 0. The molecular weight excluding hydrogens is 126 g/mol. The summed E-state index contributed by atoms with van der Waals surface area (Å²) in [7, 11) is 0. The molecular formula is C8H11NO. The Morgan fingerprint density at radius 1 is 1.80 bits per heavy atom. The van der Waals surface area contributed by atoms with Crippen LogP contribution in [0.4, 0.5) is 0 Å². The quantitative estimate of drug-likeness (QED) is 0.525. The molecule has 1 saturated heterocycles. The summed E-state index contributed by atoms with van der Waals surface area (Å²) < 4.78 is 0. The fourth-order valence-electron chi connectivity index (χ4n) is 1.17. The summed E-state index contributed by atoms with van der Waals surface area (Å²) in [6.45, 7) is 0.819. The molecule has 0 bridgehead atoms. The van der Waals surface area contributed by atoms with Gasteiger partial charge in [0.2, 0.25) is 5.91 Å². The van der Waals surface area contributed by atoms with E-state index in [1.165, 1.54) is 0 Å². The minimum absolute atomic E-state index is 0.0822. The zero-order valence-corrected chi connectivity index (χ0v) is 5.89. The van der Waals surface area contributed by atoms with Crippen LogP contribution in [0, 0.1) is 18.3 Å². The Kier molecular flexibility index (Phi) is 2.33. The predicted octanol–water partition coefficient (Wildman–Crippen LogP) is 0.536. The summed E-state index contributed by atoms with van der Waals surface area (Å²) in [5, 5.41) is 2.78. The lowest BCUT2D eigenvalue weighted by molar-refractivity contribution is -0.126. The van der Waals surface area contributed by atoms with E-state index in [4.69, 9.17) is 6.42 Å². The van der Waals surface area contributed by atoms with Gasteiger partial charge in [0.05, 0.1) is 0 Å². The summed E-state index contributed by atoms with van der Waals surface area (Å²) in [6.07, 6.45) is 7.70. The molecule has 1 amide bonds. The van der Waals surface area contributed by atoms with Gasteiger partial charge in [-0.1, -0.05) is 0 Å². The first-order valence-electron chi connectivity index (χ1n) is 3.56. The van der Waals surface area contributed by atoms with E-state index in [2.05, 4.69) is 11.2 Å². The SMILES string of the molecule is C#CCC1CCCNC1=O.